The summed E-state index contributed by atoms with van der Waals surface area (Å²) in [6.45, 7) is 1.99. The average Bonchev–Trinajstić information content (AvgIpc) is 3.26. The Hall–Kier alpha value is -1.43. The van der Waals surface area contributed by atoms with Gasteiger partial charge in [0, 0.05) is 37.7 Å². The zero-order valence-corrected chi connectivity index (χ0v) is 15.6. The van der Waals surface area contributed by atoms with Crippen molar-refractivity contribution in [3.63, 3.8) is 0 Å². The Morgan fingerprint density at radius 2 is 2.16 bits per heavy atom. The molecule has 0 spiro atoms. The largest absolute Gasteiger partial charge is 0.355 e. The SMILES string of the molecule is Cn1ncc(C(=O)NC2CC3=CCC4CC3C2C4)c1N1CCSCC1. The lowest BCUT2D eigenvalue weighted by molar-refractivity contribution is 0.0926. The van der Waals surface area contributed by atoms with Crippen LogP contribution in [0.1, 0.15) is 36.0 Å². The zero-order chi connectivity index (χ0) is 17.0. The number of nitrogens with zero attached hydrogens (tertiary/aromatic N) is 3. The van der Waals surface area contributed by atoms with Crippen LogP contribution in [0.3, 0.4) is 0 Å². The molecule has 1 aliphatic heterocycles. The van der Waals surface area contributed by atoms with Crippen LogP contribution in [-0.4, -0.2) is 46.3 Å². The van der Waals surface area contributed by atoms with E-state index in [2.05, 4.69) is 21.4 Å². The van der Waals surface area contributed by atoms with Gasteiger partial charge in [0.2, 0.25) is 0 Å². The van der Waals surface area contributed by atoms with Gasteiger partial charge in [-0.25, -0.2) is 0 Å². The number of hydrogen-bond acceptors (Lipinski definition) is 4. The van der Waals surface area contributed by atoms with Gasteiger partial charge in [0.15, 0.2) is 0 Å². The highest BCUT2D eigenvalue weighted by Gasteiger charge is 2.48. The molecule has 3 fully saturated rings. The summed E-state index contributed by atoms with van der Waals surface area (Å²) in [7, 11) is 1.94. The molecular formula is C19H26N4OS. The maximum Gasteiger partial charge on any atom is 0.256 e. The third-order valence-electron chi connectivity index (χ3n) is 6.65. The highest BCUT2D eigenvalue weighted by Crippen LogP contribution is 2.54. The molecule has 2 saturated carbocycles. The summed E-state index contributed by atoms with van der Waals surface area (Å²) in [6.07, 6.45) is 9.18. The minimum Gasteiger partial charge on any atom is -0.355 e. The van der Waals surface area contributed by atoms with Crippen LogP contribution in [0.4, 0.5) is 5.82 Å². The van der Waals surface area contributed by atoms with Crippen LogP contribution in [0, 0.1) is 17.8 Å². The molecular weight excluding hydrogens is 332 g/mol. The van der Waals surface area contributed by atoms with Crippen LogP contribution in [-0.2, 0) is 7.05 Å². The quantitative estimate of drug-likeness (QED) is 0.844. The fourth-order valence-corrected chi connectivity index (χ4v) is 6.40. The molecule has 2 bridgehead atoms. The second-order valence-corrected chi connectivity index (χ2v) is 9.24. The van der Waals surface area contributed by atoms with Crippen LogP contribution in [0.5, 0.6) is 0 Å². The Kier molecular flexibility index (Phi) is 3.84. The third-order valence-corrected chi connectivity index (χ3v) is 7.59. The maximum atomic E-state index is 13.1. The van der Waals surface area contributed by atoms with E-state index in [1.54, 1.807) is 11.8 Å². The predicted molar refractivity (Wildman–Crippen MR) is 101 cm³/mol. The number of allylic oxidation sites excluding steroid dienone is 1. The number of aryl methyl sites for hydroxylation is 1. The van der Waals surface area contributed by atoms with E-state index < -0.39 is 0 Å². The maximum absolute atomic E-state index is 13.1. The van der Waals surface area contributed by atoms with E-state index in [0.717, 1.165) is 54.2 Å². The number of carbonyl (C=O) groups is 1. The van der Waals surface area contributed by atoms with Gasteiger partial charge in [-0.3, -0.25) is 9.48 Å². The number of anilines is 1. The van der Waals surface area contributed by atoms with Crippen molar-refractivity contribution in [2.24, 2.45) is 24.8 Å². The van der Waals surface area contributed by atoms with Crippen molar-refractivity contribution in [3.8, 4) is 0 Å². The number of nitrogens with one attached hydrogen (secondary N) is 1. The first-order valence-electron chi connectivity index (χ1n) is 9.55. The molecule has 1 N–H and O–H groups in total. The normalized spacial score (nSPS) is 33.5. The van der Waals surface area contributed by atoms with Gasteiger partial charge >= 0.3 is 0 Å². The molecule has 25 heavy (non-hydrogen) atoms. The van der Waals surface area contributed by atoms with Crippen molar-refractivity contribution in [2.75, 3.05) is 29.5 Å². The molecule has 1 saturated heterocycles. The van der Waals surface area contributed by atoms with Crippen molar-refractivity contribution in [1.82, 2.24) is 15.1 Å². The Bertz CT molecular complexity index is 721. The van der Waals surface area contributed by atoms with Gasteiger partial charge < -0.3 is 10.2 Å². The molecule has 6 heteroatoms. The first-order valence-corrected chi connectivity index (χ1v) is 10.7. The van der Waals surface area contributed by atoms with Gasteiger partial charge in [-0.05, 0) is 43.4 Å². The number of hydrogen-bond donors (Lipinski definition) is 1. The Morgan fingerprint density at radius 1 is 1.32 bits per heavy atom. The zero-order valence-electron chi connectivity index (χ0n) is 14.8. The molecule has 5 nitrogen and oxygen atoms in total. The number of amides is 1. The number of rotatable bonds is 3. The van der Waals surface area contributed by atoms with E-state index in [1.165, 1.54) is 19.3 Å². The summed E-state index contributed by atoms with van der Waals surface area (Å²) in [5, 5.41) is 7.77. The van der Waals surface area contributed by atoms with E-state index >= 15 is 0 Å². The van der Waals surface area contributed by atoms with Crippen molar-refractivity contribution in [1.29, 1.82) is 0 Å². The molecule has 0 aromatic carbocycles. The Balaban J connectivity index is 1.35. The molecule has 4 unspecified atom stereocenters. The molecule has 4 atom stereocenters. The fraction of sp³-hybridized carbons (Fsp3) is 0.684. The van der Waals surface area contributed by atoms with E-state index in [-0.39, 0.29) is 5.91 Å². The number of thioether (sulfide) groups is 1. The Morgan fingerprint density at radius 3 is 3.00 bits per heavy atom. The fourth-order valence-electron chi connectivity index (χ4n) is 5.50. The second kappa shape index (κ2) is 6.08. The molecule has 5 rings (SSSR count). The summed E-state index contributed by atoms with van der Waals surface area (Å²) < 4.78 is 1.86. The highest BCUT2D eigenvalue weighted by atomic mass is 32.2. The van der Waals surface area contributed by atoms with Gasteiger partial charge in [0.05, 0.1) is 6.20 Å². The van der Waals surface area contributed by atoms with Crippen molar-refractivity contribution < 1.29 is 4.79 Å². The second-order valence-electron chi connectivity index (χ2n) is 8.01. The van der Waals surface area contributed by atoms with E-state index in [0.29, 0.717) is 12.0 Å². The molecule has 1 aromatic heterocycles. The summed E-state index contributed by atoms with van der Waals surface area (Å²) in [4.78, 5) is 15.4. The lowest BCUT2D eigenvalue weighted by atomic mass is 9.89. The van der Waals surface area contributed by atoms with Gasteiger partial charge in [-0.15, -0.1) is 0 Å². The standard InChI is InChI=1S/C19H26N4OS/c1-22-19(23-4-6-25-7-5-23)16(11-20-22)18(24)21-17-10-13-3-2-12-8-14(13)15(17)9-12/h3,11-12,14-15,17H,2,4-10H2,1H3,(H,21,24). The number of carbonyl (C=O) groups excluding carboxylic acids is 1. The van der Waals surface area contributed by atoms with E-state index in [4.69, 9.17) is 0 Å². The van der Waals surface area contributed by atoms with Crippen LogP contribution < -0.4 is 10.2 Å². The molecule has 1 aromatic rings. The minimum atomic E-state index is 0.0651. The number of fused-ring (bicyclic) bond motifs is 1. The molecule has 134 valence electrons. The topological polar surface area (TPSA) is 50.2 Å². The molecule has 4 aliphatic rings. The van der Waals surface area contributed by atoms with Crippen LogP contribution in [0.15, 0.2) is 17.8 Å². The summed E-state index contributed by atoms with van der Waals surface area (Å²) in [5.41, 5.74) is 2.36. The average molecular weight is 359 g/mol. The van der Waals surface area contributed by atoms with Crippen LogP contribution >= 0.6 is 11.8 Å². The van der Waals surface area contributed by atoms with Gasteiger partial charge in [0.25, 0.3) is 5.91 Å². The monoisotopic (exact) mass is 358 g/mol. The van der Waals surface area contributed by atoms with Gasteiger partial charge in [-0.1, -0.05) is 11.6 Å². The van der Waals surface area contributed by atoms with Crippen molar-refractivity contribution >= 4 is 23.5 Å². The van der Waals surface area contributed by atoms with Crippen LogP contribution in [0.2, 0.25) is 0 Å². The highest BCUT2D eigenvalue weighted by molar-refractivity contribution is 7.99. The molecule has 0 radical (unpaired) electrons. The van der Waals surface area contributed by atoms with Crippen LogP contribution in [0.25, 0.3) is 0 Å². The van der Waals surface area contributed by atoms with Gasteiger partial charge in [0.1, 0.15) is 11.4 Å². The lowest BCUT2D eigenvalue weighted by Crippen LogP contribution is -2.40. The molecule has 2 heterocycles. The molecule has 1 amide bonds. The molecule has 3 aliphatic carbocycles. The van der Waals surface area contributed by atoms with Gasteiger partial charge in [-0.2, -0.15) is 16.9 Å². The first-order chi connectivity index (χ1) is 12.2. The van der Waals surface area contributed by atoms with E-state index in [1.807, 2.05) is 23.5 Å². The summed E-state index contributed by atoms with van der Waals surface area (Å²) >= 11 is 1.98. The predicted octanol–water partition coefficient (Wildman–Crippen LogP) is 2.45. The van der Waals surface area contributed by atoms with Crippen molar-refractivity contribution in [3.05, 3.63) is 23.4 Å². The first kappa shape index (κ1) is 15.8. The lowest BCUT2D eigenvalue weighted by Gasteiger charge is -2.29. The van der Waals surface area contributed by atoms with E-state index in [9.17, 15) is 4.79 Å². The summed E-state index contributed by atoms with van der Waals surface area (Å²) in [6, 6.07) is 0.319. The minimum absolute atomic E-state index is 0.0651. The third kappa shape index (κ3) is 2.60. The summed E-state index contributed by atoms with van der Waals surface area (Å²) in [5.74, 6) is 5.56. The Labute approximate surface area is 153 Å². The number of aromatic nitrogens is 2. The van der Waals surface area contributed by atoms with Crippen molar-refractivity contribution in [2.45, 2.75) is 31.7 Å². The smallest absolute Gasteiger partial charge is 0.256 e.